The first-order valence-electron chi connectivity index (χ1n) is 4.42. The van der Waals surface area contributed by atoms with Crippen molar-refractivity contribution in [2.45, 2.75) is 6.42 Å². The number of nitro groups is 1. The smallest absolute Gasteiger partial charge is 0.308 e. The zero-order chi connectivity index (χ0) is 11.3. The molecule has 15 heavy (non-hydrogen) atoms. The van der Waals surface area contributed by atoms with Crippen molar-refractivity contribution in [3.8, 4) is 5.75 Å². The highest BCUT2D eigenvalue weighted by Crippen LogP contribution is 2.25. The van der Waals surface area contributed by atoms with Crippen LogP contribution in [0.2, 0.25) is 0 Å². The topological polar surface area (TPSA) is 78.4 Å². The Bertz CT molecular complexity index is 357. The first kappa shape index (κ1) is 11.4. The van der Waals surface area contributed by atoms with Gasteiger partial charge >= 0.3 is 5.69 Å². The maximum atomic E-state index is 13.4. The zero-order valence-electron chi connectivity index (χ0n) is 7.98. The van der Waals surface area contributed by atoms with Crippen LogP contribution in [-0.2, 0) is 0 Å². The molecule has 2 N–H and O–H groups in total. The summed E-state index contributed by atoms with van der Waals surface area (Å²) in [6.07, 6.45) is 0.572. The Morgan fingerprint density at radius 3 is 2.87 bits per heavy atom. The van der Waals surface area contributed by atoms with E-state index in [1.807, 2.05) is 0 Å². The quantitative estimate of drug-likeness (QED) is 0.457. The van der Waals surface area contributed by atoms with Crippen LogP contribution in [0.15, 0.2) is 18.2 Å². The number of hydrogen-bond acceptors (Lipinski definition) is 4. The SMILES string of the molecule is NCCCOc1cccc([N+](=O)[O-])c1F. The van der Waals surface area contributed by atoms with Crippen molar-refractivity contribution in [2.75, 3.05) is 13.2 Å². The standard InChI is InChI=1S/C9H11FN2O3/c10-9-7(12(13)14)3-1-4-8(9)15-6-2-5-11/h1,3-4H,2,5-6,11H2. The molecule has 0 aliphatic rings. The van der Waals surface area contributed by atoms with Crippen LogP contribution in [0.1, 0.15) is 6.42 Å². The first-order valence-corrected chi connectivity index (χ1v) is 4.42. The number of hydrogen-bond donors (Lipinski definition) is 1. The zero-order valence-corrected chi connectivity index (χ0v) is 7.98. The number of halogens is 1. The Labute approximate surface area is 85.8 Å². The number of nitrogens with zero attached hydrogens (tertiary/aromatic N) is 1. The summed E-state index contributed by atoms with van der Waals surface area (Å²) in [5.74, 6) is -1.06. The van der Waals surface area contributed by atoms with Gasteiger partial charge in [0, 0.05) is 6.07 Å². The van der Waals surface area contributed by atoms with Gasteiger partial charge in [0.15, 0.2) is 5.75 Å². The van der Waals surface area contributed by atoms with Gasteiger partial charge in [-0.25, -0.2) is 0 Å². The van der Waals surface area contributed by atoms with Crippen LogP contribution in [-0.4, -0.2) is 18.1 Å². The summed E-state index contributed by atoms with van der Waals surface area (Å²) in [6, 6.07) is 3.81. The molecule has 0 radical (unpaired) electrons. The first-order chi connectivity index (χ1) is 7.16. The summed E-state index contributed by atoms with van der Waals surface area (Å²) in [5.41, 5.74) is 4.64. The molecule has 5 nitrogen and oxygen atoms in total. The Balaban J connectivity index is 2.80. The monoisotopic (exact) mass is 214 g/mol. The largest absolute Gasteiger partial charge is 0.490 e. The lowest BCUT2D eigenvalue weighted by Gasteiger charge is -2.05. The minimum absolute atomic E-state index is 0.113. The summed E-state index contributed by atoms with van der Waals surface area (Å²) >= 11 is 0. The summed E-state index contributed by atoms with van der Waals surface area (Å²) in [7, 11) is 0. The predicted octanol–water partition coefficient (Wildman–Crippen LogP) is 1.46. The van der Waals surface area contributed by atoms with Gasteiger partial charge in [-0.05, 0) is 19.0 Å². The van der Waals surface area contributed by atoms with Crippen LogP contribution < -0.4 is 10.5 Å². The lowest BCUT2D eigenvalue weighted by molar-refractivity contribution is -0.387. The number of rotatable bonds is 5. The van der Waals surface area contributed by atoms with Gasteiger partial charge in [0.1, 0.15) is 0 Å². The van der Waals surface area contributed by atoms with Gasteiger partial charge in [0.2, 0.25) is 5.82 Å². The third kappa shape index (κ3) is 2.88. The number of nitro benzene ring substituents is 1. The molecular weight excluding hydrogens is 203 g/mol. The molecule has 0 heterocycles. The van der Waals surface area contributed by atoms with Crippen molar-refractivity contribution >= 4 is 5.69 Å². The van der Waals surface area contributed by atoms with Gasteiger partial charge in [0.25, 0.3) is 0 Å². The molecule has 0 aliphatic carbocycles. The van der Waals surface area contributed by atoms with Crippen molar-refractivity contribution in [3.05, 3.63) is 34.1 Å². The average molecular weight is 214 g/mol. The molecule has 1 rings (SSSR count). The molecule has 1 aromatic rings. The molecule has 82 valence electrons. The molecule has 0 fully saturated rings. The second-order valence-electron chi connectivity index (χ2n) is 2.84. The van der Waals surface area contributed by atoms with Gasteiger partial charge in [-0.1, -0.05) is 6.07 Å². The molecule has 0 aromatic heterocycles. The highest BCUT2D eigenvalue weighted by molar-refractivity contribution is 5.40. The van der Waals surface area contributed by atoms with Crippen LogP contribution in [0, 0.1) is 15.9 Å². The molecule has 0 saturated carbocycles. The molecule has 1 aromatic carbocycles. The van der Waals surface area contributed by atoms with E-state index < -0.39 is 16.4 Å². The summed E-state index contributed by atoms with van der Waals surface area (Å²) in [6.45, 7) is 0.672. The lowest BCUT2D eigenvalue weighted by atomic mass is 10.3. The van der Waals surface area contributed by atoms with E-state index in [0.29, 0.717) is 13.0 Å². The summed E-state index contributed by atoms with van der Waals surface area (Å²) < 4.78 is 18.4. The fourth-order valence-electron chi connectivity index (χ4n) is 1.02. The van der Waals surface area contributed by atoms with E-state index in [0.717, 1.165) is 6.07 Å². The van der Waals surface area contributed by atoms with Gasteiger partial charge < -0.3 is 10.5 Å². The molecule has 0 atom stereocenters. The van der Waals surface area contributed by atoms with E-state index in [9.17, 15) is 14.5 Å². The molecule has 0 unspecified atom stereocenters. The number of ether oxygens (including phenoxy) is 1. The Hall–Kier alpha value is -1.69. The highest BCUT2D eigenvalue weighted by Gasteiger charge is 2.17. The van der Waals surface area contributed by atoms with E-state index in [2.05, 4.69) is 0 Å². The molecule has 0 bridgehead atoms. The van der Waals surface area contributed by atoms with Crippen LogP contribution in [0.5, 0.6) is 5.75 Å². The van der Waals surface area contributed by atoms with Gasteiger partial charge in [-0.15, -0.1) is 0 Å². The van der Waals surface area contributed by atoms with E-state index in [4.69, 9.17) is 10.5 Å². The summed E-state index contributed by atoms with van der Waals surface area (Å²) in [5, 5.41) is 10.4. The van der Waals surface area contributed by atoms with Crippen molar-refractivity contribution in [1.29, 1.82) is 0 Å². The number of nitrogens with two attached hydrogens (primary N) is 1. The highest BCUT2D eigenvalue weighted by atomic mass is 19.1. The second-order valence-corrected chi connectivity index (χ2v) is 2.84. The fourth-order valence-corrected chi connectivity index (χ4v) is 1.02. The van der Waals surface area contributed by atoms with Crippen molar-refractivity contribution < 1.29 is 14.1 Å². The van der Waals surface area contributed by atoms with Crippen molar-refractivity contribution in [2.24, 2.45) is 5.73 Å². The third-order valence-electron chi connectivity index (χ3n) is 1.75. The molecule has 0 amide bonds. The van der Waals surface area contributed by atoms with E-state index in [1.165, 1.54) is 12.1 Å². The predicted molar refractivity (Wildman–Crippen MR) is 52.2 cm³/mol. The maximum absolute atomic E-state index is 13.4. The molecule has 0 saturated heterocycles. The second kappa shape index (κ2) is 5.26. The van der Waals surface area contributed by atoms with E-state index in [1.54, 1.807) is 0 Å². The van der Waals surface area contributed by atoms with Crippen LogP contribution in [0.3, 0.4) is 0 Å². The van der Waals surface area contributed by atoms with Crippen molar-refractivity contribution in [3.63, 3.8) is 0 Å². The average Bonchev–Trinajstić information content (AvgIpc) is 2.20. The lowest BCUT2D eigenvalue weighted by Crippen LogP contribution is -2.07. The summed E-state index contributed by atoms with van der Waals surface area (Å²) in [4.78, 5) is 9.61. The van der Waals surface area contributed by atoms with E-state index >= 15 is 0 Å². The van der Waals surface area contributed by atoms with Crippen LogP contribution in [0.25, 0.3) is 0 Å². The minimum atomic E-state index is -0.945. The Morgan fingerprint density at radius 1 is 1.53 bits per heavy atom. The van der Waals surface area contributed by atoms with E-state index in [-0.39, 0.29) is 12.4 Å². The van der Waals surface area contributed by atoms with Crippen LogP contribution >= 0.6 is 0 Å². The maximum Gasteiger partial charge on any atom is 0.308 e. The van der Waals surface area contributed by atoms with Crippen molar-refractivity contribution in [1.82, 2.24) is 0 Å². The third-order valence-corrected chi connectivity index (χ3v) is 1.75. The fraction of sp³-hybridized carbons (Fsp3) is 0.333. The Kier molecular flexibility index (Phi) is 3.99. The number of benzene rings is 1. The molecular formula is C9H11FN2O3. The Morgan fingerprint density at radius 2 is 2.27 bits per heavy atom. The van der Waals surface area contributed by atoms with Gasteiger partial charge in [-0.3, -0.25) is 10.1 Å². The normalized spacial score (nSPS) is 10.0. The molecule has 0 spiro atoms. The van der Waals surface area contributed by atoms with Crippen LogP contribution in [0.4, 0.5) is 10.1 Å². The van der Waals surface area contributed by atoms with Gasteiger partial charge in [-0.2, -0.15) is 4.39 Å². The minimum Gasteiger partial charge on any atom is -0.490 e. The van der Waals surface area contributed by atoms with Gasteiger partial charge in [0.05, 0.1) is 11.5 Å². The molecule has 0 aliphatic heterocycles. The molecule has 6 heteroatoms.